The van der Waals surface area contributed by atoms with Crippen molar-refractivity contribution in [3.8, 4) is 0 Å². The molecule has 0 amide bonds. The molecule has 2 rings (SSSR count). The number of nitrogens with one attached hydrogen (secondary N) is 2. The molecule has 0 atom stereocenters. The summed E-state index contributed by atoms with van der Waals surface area (Å²) < 4.78 is 0. The summed E-state index contributed by atoms with van der Waals surface area (Å²) in [5, 5.41) is 3.15. The van der Waals surface area contributed by atoms with Crippen LogP contribution in [0.5, 0.6) is 0 Å². The highest BCUT2D eigenvalue weighted by atomic mass is 15.0. The Kier molecular flexibility index (Phi) is 2.53. The topological polar surface area (TPSA) is 79.6 Å². The Morgan fingerprint density at radius 3 is 3.00 bits per heavy atom. The first-order valence-electron chi connectivity index (χ1n) is 4.71. The second-order valence-electron chi connectivity index (χ2n) is 3.26. The van der Waals surface area contributed by atoms with E-state index in [1.165, 1.54) is 0 Å². The third kappa shape index (κ3) is 2.25. The van der Waals surface area contributed by atoms with Crippen LogP contribution in [0.4, 0.5) is 11.5 Å². The van der Waals surface area contributed by atoms with Crippen LogP contribution in [0.25, 0.3) is 0 Å². The van der Waals surface area contributed by atoms with Gasteiger partial charge in [-0.25, -0.2) is 9.97 Å². The molecule has 2 heterocycles. The number of pyridine rings is 1. The van der Waals surface area contributed by atoms with Gasteiger partial charge in [0.2, 0.25) is 0 Å². The molecule has 0 aromatic carbocycles. The van der Waals surface area contributed by atoms with Gasteiger partial charge in [-0.05, 0) is 19.1 Å². The number of anilines is 2. The van der Waals surface area contributed by atoms with Gasteiger partial charge in [-0.1, -0.05) is 0 Å². The molecule has 0 unspecified atom stereocenters. The van der Waals surface area contributed by atoms with E-state index in [1.807, 2.05) is 19.1 Å². The van der Waals surface area contributed by atoms with Gasteiger partial charge in [-0.3, -0.25) is 0 Å². The molecule has 0 saturated heterocycles. The van der Waals surface area contributed by atoms with Crippen LogP contribution in [0, 0.1) is 6.92 Å². The first kappa shape index (κ1) is 9.51. The van der Waals surface area contributed by atoms with E-state index in [9.17, 15) is 0 Å². The van der Waals surface area contributed by atoms with Crippen molar-refractivity contribution in [2.24, 2.45) is 0 Å². The third-order valence-electron chi connectivity index (χ3n) is 2.12. The number of nitrogens with two attached hydrogens (primary N) is 1. The summed E-state index contributed by atoms with van der Waals surface area (Å²) in [5.41, 5.74) is 7.21. The minimum absolute atomic E-state index is 0.628. The van der Waals surface area contributed by atoms with Crippen molar-refractivity contribution >= 4 is 11.5 Å². The Bertz CT molecular complexity index is 435. The van der Waals surface area contributed by atoms with Crippen molar-refractivity contribution in [2.45, 2.75) is 13.5 Å². The minimum Gasteiger partial charge on any atom is -0.397 e. The number of nitrogen functional groups attached to an aromatic ring is 1. The summed E-state index contributed by atoms with van der Waals surface area (Å²) in [6.07, 6.45) is 3.51. The number of rotatable bonds is 3. The van der Waals surface area contributed by atoms with E-state index >= 15 is 0 Å². The highest BCUT2D eigenvalue weighted by molar-refractivity contribution is 5.48. The summed E-state index contributed by atoms with van der Waals surface area (Å²) >= 11 is 0. The normalized spacial score (nSPS) is 10.2. The third-order valence-corrected chi connectivity index (χ3v) is 2.12. The van der Waals surface area contributed by atoms with Crippen molar-refractivity contribution < 1.29 is 0 Å². The molecule has 0 aliphatic rings. The smallest absolute Gasteiger partial charge is 0.126 e. The van der Waals surface area contributed by atoms with E-state index in [-0.39, 0.29) is 0 Å². The van der Waals surface area contributed by atoms with Crippen LogP contribution >= 0.6 is 0 Å². The lowest BCUT2D eigenvalue weighted by Gasteiger charge is -2.05. The molecule has 2 aromatic heterocycles. The molecule has 5 heteroatoms. The summed E-state index contributed by atoms with van der Waals surface area (Å²) in [4.78, 5) is 11.4. The zero-order valence-electron chi connectivity index (χ0n) is 8.49. The zero-order chi connectivity index (χ0) is 10.7. The lowest BCUT2D eigenvalue weighted by atomic mass is 10.3. The molecule has 0 fully saturated rings. The van der Waals surface area contributed by atoms with Crippen molar-refractivity contribution in [3.63, 3.8) is 0 Å². The lowest BCUT2D eigenvalue weighted by molar-refractivity contribution is 0.984. The molecule has 0 spiro atoms. The standard InChI is InChI=1S/C10H13N5/c1-7-8(11)2-3-9(15-7)14-6-10-12-4-5-13-10/h2-5H,6,11H2,1H3,(H,12,13)(H,14,15). The minimum atomic E-state index is 0.628. The monoisotopic (exact) mass is 203 g/mol. The van der Waals surface area contributed by atoms with Gasteiger partial charge in [0, 0.05) is 12.4 Å². The molecule has 0 bridgehead atoms. The number of hydrogen-bond donors (Lipinski definition) is 3. The predicted molar refractivity (Wildman–Crippen MR) is 59.3 cm³/mol. The van der Waals surface area contributed by atoms with Crippen molar-refractivity contribution in [1.82, 2.24) is 15.0 Å². The van der Waals surface area contributed by atoms with Crippen LogP contribution in [0.2, 0.25) is 0 Å². The van der Waals surface area contributed by atoms with Crippen LogP contribution in [-0.4, -0.2) is 15.0 Å². The SMILES string of the molecule is Cc1nc(NCc2ncc[nH]2)ccc1N. The Morgan fingerprint density at radius 1 is 1.47 bits per heavy atom. The zero-order valence-corrected chi connectivity index (χ0v) is 8.49. The lowest BCUT2D eigenvalue weighted by Crippen LogP contribution is -2.04. The van der Waals surface area contributed by atoms with E-state index in [0.29, 0.717) is 12.2 Å². The van der Waals surface area contributed by atoms with Gasteiger partial charge in [0.15, 0.2) is 0 Å². The summed E-state index contributed by atoms with van der Waals surface area (Å²) in [7, 11) is 0. The number of H-pyrrole nitrogens is 1. The van der Waals surface area contributed by atoms with Crippen LogP contribution < -0.4 is 11.1 Å². The van der Waals surface area contributed by atoms with Crippen molar-refractivity contribution in [3.05, 3.63) is 36.0 Å². The molecule has 2 aromatic rings. The van der Waals surface area contributed by atoms with Gasteiger partial charge in [0.1, 0.15) is 11.6 Å². The second-order valence-corrected chi connectivity index (χ2v) is 3.26. The van der Waals surface area contributed by atoms with Crippen LogP contribution in [0.3, 0.4) is 0 Å². The number of nitrogens with zero attached hydrogens (tertiary/aromatic N) is 2. The fraction of sp³-hybridized carbons (Fsp3) is 0.200. The van der Waals surface area contributed by atoms with E-state index in [4.69, 9.17) is 5.73 Å². The molecular weight excluding hydrogens is 190 g/mol. The van der Waals surface area contributed by atoms with Crippen molar-refractivity contribution in [1.29, 1.82) is 0 Å². The summed E-state index contributed by atoms with van der Waals surface area (Å²) in [6.45, 7) is 2.51. The average Bonchev–Trinajstić information content (AvgIpc) is 2.73. The Balaban J connectivity index is 2.02. The summed E-state index contributed by atoms with van der Waals surface area (Å²) in [6, 6.07) is 3.69. The maximum absolute atomic E-state index is 5.67. The Hall–Kier alpha value is -2.04. The molecule has 4 N–H and O–H groups in total. The van der Waals surface area contributed by atoms with Crippen LogP contribution in [0.15, 0.2) is 24.5 Å². The maximum Gasteiger partial charge on any atom is 0.126 e. The fourth-order valence-electron chi connectivity index (χ4n) is 1.24. The molecule has 0 aliphatic heterocycles. The van der Waals surface area contributed by atoms with E-state index in [1.54, 1.807) is 12.4 Å². The highest BCUT2D eigenvalue weighted by Gasteiger charge is 1.99. The van der Waals surface area contributed by atoms with Gasteiger partial charge in [-0.2, -0.15) is 0 Å². The summed E-state index contributed by atoms with van der Waals surface area (Å²) in [5.74, 6) is 1.68. The number of aromatic nitrogens is 3. The highest BCUT2D eigenvalue weighted by Crippen LogP contribution is 2.11. The Labute approximate surface area is 87.8 Å². The van der Waals surface area contributed by atoms with Gasteiger partial charge in [-0.15, -0.1) is 0 Å². The fourth-order valence-corrected chi connectivity index (χ4v) is 1.24. The predicted octanol–water partition coefficient (Wildman–Crippen LogP) is 1.31. The van der Waals surface area contributed by atoms with Gasteiger partial charge in [0.25, 0.3) is 0 Å². The van der Waals surface area contributed by atoms with E-state index in [2.05, 4.69) is 20.3 Å². The van der Waals surface area contributed by atoms with Crippen molar-refractivity contribution in [2.75, 3.05) is 11.1 Å². The largest absolute Gasteiger partial charge is 0.397 e. The molecule has 5 nitrogen and oxygen atoms in total. The molecule has 78 valence electrons. The van der Waals surface area contributed by atoms with E-state index in [0.717, 1.165) is 17.3 Å². The van der Waals surface area contributed by atoms with E-state index < -0.39 is 0 Å². The Morgan fingerprint density at radius 2 is 2.33 bits per heavy atom. The van der Waals surface area contributed by atoms with Crippen LogP contribution in [0.1, 0.15) is 11.5 Å². The van der Waals surface area contributed by atoms with Gasteiger partial charge >= 0.3 is 0 Å². The number of imidazole rings is 1. The molecular formula is C10H13N5. The van der Waals surface area contributed by atoms with Gasteiger partial charge in [0.05, 0.1) is 17.9 Å². The number of hydrogen-bond acceptors (Lipinski definition) is 4. The second kappa shape index (κ2) is 4.00. The quantitative estimate of drug-likeness (QED) is 0.702. The first-order chi connectivity index (χ1) is 7.25. The van der Waals surface area contributed by atoms with Gasteiger partial charge < -0.3 is 16.0 Å². The molecule has 0 aliphatic carbocycles. The van der Waals surface area contributed by atoms with Crippen LogP contribution in [-0.2, 0) is 6.54 Å². The maximum atomic E-state index is 5.67. The average molecular weight is 203 g/mol. The molecule has 0 saturated carbocycles. The molecule has 0 radical (unpaired) electrons. The first-order valence-corrected chi connectivity index (χ1v) is 4.71. The number of aryl methyl sites for hydroxylation is 1. The molecule has 15 heavy (non-hydrogen) atoms. The number of aromatic amines is 1.